The van der Waals surface area contributed by atoms with Crippen LogP contribution in [0.25, 0.3) is 0 Å². The maximum absolute atomic E-state index is 11.8. The van der Waals surface area contributed by atoms with Crippen LogP contribution in [0.5, 0.6) is 0 Å². The fraction of sp³-hybridized carbons (Fsp3) is 0.455. The van der Waals surface area contributed by atoms with Crippen molar-refractivity contribution in [3.63, 3.8) is 0 Å². The van der Waals surface area contributed by atoms with Gasteiger partial charge in [-0.25, -0.2) is 0 Å². The van der Waals surface area contributed by atoms with Crippen LogP contribution in [0.1, 0.15) is 23.7 Å². The molecule has 1 heterocycles. The third kappa shape index (κ3) is 1.10. The van der Waals surface area contributed by atoms with Gasteiger partial charge in [0.2, 0.25) is 0 Å². The van der Waals surface area contributed by atoms with E-state index in [4.69, 9.17) is 0 Å². The first-order chi connectivity index (χ1) is 6.69. The molecule has 1 aliphatic carbocycles. The number of aliphatic hydroxyl groups excluding tert-OH is 1. The van der Waals surface area contributed by atoms with E-state index in [0.29, 0.717) is 13.1 Å². The van der Waals surface area contributed by atoms with Crippen molar-refractivity contribution in [1.82, 2.24) is 4.65 Å². The van der Waals surface area contributed by atoms with E-state index >= 15 is 0 Å². The first kappa shape index (κ1) is 8.41. The number of rotatable bonds is 1. The zero-order valence-electron chi connectivity index (χ0n) is 7.94. The maximum Gasteiger partial charge on any atom is 0.134 e. The first-order valence-corrected chi connectivity index (χ1v) is 5.09. The van der Waals surface area contributed by atoms with Gasteiger partial charge in [-0.05, 0) is 30.0 Å². The van der Waals surface area contributed by atoms with Crippen molar-refractivity contribution in [2.24, 2.45) is 0 Å². The predicted octanol–water partition coefficient (Wildman–Crippen LogP) is 1.48. The molecule has 14 heavy (non-hydrogen) atoms. The normalized spacial score (nSPS) is 27.4. The molecule has 1 N–H and O–H groups in total. The Kier molecular flexibility index (Phi) is 1.54. The lowest BCUT2D eigenvalue weighted by Crippen LogP contribution is -2.15. The summed E-state index contributed by atoms with van der Waals surface area (Å²) in [4.78, 5) is 0. The lowest BCUT2D eigenvalue weighted by Gasteiger charge is -2.21. The molecule has 1 aliphatic heterocycles. The standard InChI is InChI=1S/C11H13NO2/c13-11-4-2-8-1-3-9(7-10(8)11)12(14)5-6-12/h1,3,7,11,13H,2,4-6H2. The van der Waals surface area contributed by atoms with Crippen molar-refractivity contribution in [2.45, 2.75) is 18.9 Å². The molecule has 0 saturated carbocycles. The molecule has 1 saturated heterocycles. The molecular weight excluding hydrogens is 178 g/mol. The molecule has 3 heteroatoms. The van der Waals surface area contributed by atoms with Crippen LogP contribution in [0.2, 0.25) is 0 Å². The van der Waals surface area contributed by atoms with Crippen LogP contribution in [-0.2, 0) is 6.42 Å². The highest BCUT2D eigenvalue weighted by molar-refractivity contribution is 5.53. The van der Waals surface area contributed by atoms with Crippen molar-refractivity contribution in [3.8, 4) is 0 Å². The highest BCUT2D eigenvalue weighted by Gasteiger charge is 2.36. The highest BCUT2D eigenvalue weighted by atomic mass is 16.6. The second kappa shape index (κ2) is 2.57. The SMILES string of the molecule is [O-][N+]1(c2ccc3c(c2)C(O)CC3)CC1. The number of hydrogen-bond donors (Lipinski definition) is 1. The molecule has 0 amide bonds. The Morgan fingerprint density at radius 1 is 1.36 bits per heavy atom. The molecule has 3 rings (SSSR count). The van der Waals surface area contributed by atoms with E-state index in [9.17, 15) is 10.3 Å². The first-order valence-electron chi connectivity index (χ1n) is 5.09. The zero-order chi connectivity index (χ0) is 9.76. The molecule has 0 spiro atoms. The summed E-state index contributed by atoms with van der Waals surface area (Å²) in [6, 6.07) is 5.81. The van der Waals surface area contributed by atoms with Gasteiger partial charge in [-0.15, -0.1) is 0 Å². The molecule has 1 aromatic carbocycles. The number of fused-ring (bicyclic) bond motifs is 1. The molecule has 1 unspecified atom stereocenters. The fourth-order valence-electron chi connectivity index (χ4n) is 2.17. The Labute approximate surface area is 82.8 Å². The predicted molar refractivity (Wildman–Crippen MR) is 54.6 cm³/mol. The van der Waals surface area contributed by atoms with Gasteiger partial charge >= 0.3 is 0 Å². The molecule has 0 aromatic heterocycles. The van der Waals surface area contributed by atoms with E-state index in [2.05, 4.69) is 0 Å². The number of nitrogens with zero attached hydrogens (tertiary/aromatic N) is 1. The summed E-state index contributed by atoms with van der Waals surface area (Å²) in [5.74, 6) is 0. The summed E-state index contributed by atoms with van der Waals surface area (Å²) in [6.45, 7) is 1.38. The van der Waals surface area contributed by atoms with Crippen LogP contribution in [0.4, 0.5) is 5.69 Å². The Balaban J connectivity index is 2.06. The van der Waals surface area contributed by atoms with Crippen molar-refractivity contribution in [3.05, 3.63) is 34.5 Å². The third-order valence-corrected chi connectivity index (χ3v) is 3.28. The van der Waals surface area contributed by atoms with Gasteiger partial charge in [-0.2, -0.15) is 0 Å². The van der Waals surface area contributed by atoms with E-state index < -0.39 is 0 Å². The van der Waals surface area contributed by atoms with Gasteiger partial charge in [0, 0.05) is 6.07 Å². The minimum atomic E-state index is -0.350. The minimum Gasteiger partial charge on any atom is -0.627 e. The molecule has 3 nitrogen and oxygen atoms in total. The zero-order valence-corrected chi connectivity index (χ0v) is 7.94. The van der Waals surface area contributed by atoms with Gasteiger partial charge in [0.1, 0.15) is 18.8 Å². The quantitative estimate of drug-likeness (QED) is 0.415. The van der Waals surface area contributed by atoms with E-state index in [1.54, 1.807) is 0 Å². The second-order valence-electron chi connectivity index (χ2n) is 4.27. The number of hydrogen-bond acceptors (Lipinski definition) is 2. The summed E-state index contributed by atoms with van der Waals surface area (Å²) in [7, 11) is 0. The lowest BCUT2D eigenvalue weighted by molar-refractivity contribution is 0.180. The second-order valence-corrected chi connectivity index (χ2v) is 4.27. The Morgan fingerprint density at radius 2 is 2.14 bits per heavy atom. The fourth-order valence-corrected chi connectivity index (χ4v) is 2.17. The Hall–Kier alpha value is -0.900. The molecular formula is C11H13NO2. The van der Waals surface area contributed by atoms with Gasteiger partial charge in [0.25, 0.3) is 0 Å². The van der Waals surface area contributed by atoms with Gasteiger partial charge in [-0.3, -0.25) is 0 Å². The van der Waals surface area contributed by atoms with Gasteiger partial charge in [0.15, 0.2) is 0 Å². The third-order valence-electron chi connectivity index (χ3n) is 3.28. The molecule has 0 bridgehead atoms. The van der Waals surface area contributed by atoms with Crippen LogP contribution in [0.15, 0.2) is 18.2 Å². The molecule has 0 radical (unpaired) electrons. The van der Waals surface area contributed by atoms with Gasteiger partial charge in [-0.1, -0.05) is 6.07 Å². The Morgan fingerprint density at radius 3 is 2.86 bits per heavy atom. The number of aryl methyl sites for hydroxylation is 1. The van der Waals surface area contributed by atoms with Crippen LogP contribution in [0.3, 0.4) is 0 Å². The average Bonchev–Trinajstić information content (AvgIpc) is 2.84. The lowest BCUT2D eigenvalue weighted by atomic mass is 10.1. The van der Waals surface area contributed by atoms with Crippen LogP contribution < -0.4 is 4.65 Å². The number of aliphatic hydroxyl groups is 1. The molecule has 74 valence electrons. The largest absolute Gasteiger partial charge is 0.627 e. The van der Waals surface area contributed by atoms with Crippen molar-refractivity contribution in [1.29, 1.82) is 0 Å². The topological polar surface area (TPSA) is 43.3 Å². The average molecular weight is 191 g/mol. The highest BCUT2D eigenvalue weighted by Crippen LogP contribution is 2.38. The summed E-state index contributed by atoms with van der Waals surface area (Å²) < 4.78 is -0.194. The van der Waals surface area contributed by atoms with Crippen molar-refractivity contribution < 1.29 is 5.11 Å². The monoisotopic (exact) mass is 191 g/mol. The van der Waals surface area contributed by atoms with Gasteiger partial charge < -0.3 is 15.0 Å². The maximum atomic E-state index is 11.8. The van der Waals surface area contributed by atoms with Crippen LogP contribution in [0, 0.1) is 5.21 Å². The van der Waals surface area contributed by atoms with Crippen LogP contribution >= 0.6 is 0 Å². The number of quaternary nitrogens is 1. The van der Waals surface area contributed by atoms with E-state index in [1.165, 1.54) is 5.56 Å². The molecule has 1 atom stereocenters. The molecule has 1 fully saturated rings. The van der Waals surface area contributed by atoms with Crippen LogP contribution in [-0.4, -0.2) is 18.2 Å². The van der Waals surface area contributed by atoms with Crippen molar-refractivity contribution in [2.75, 3.05) is 13.1 Å². The van der Waals surface area contributed by atoms with Crippen molar-refractivity contribution >= 4 is 5.69 Å². The molecule has 2 aliphatic rings. The number of hydroxylamine groups is 2. The number of benzene rings is 1. The summed E-state index contributed by atoms with van der Waals surface area (Å²) in [5.41, 5.74) is 2.99. The van der Waals surface area contributed by atoms with E-state index in [0.717, 1.165) is 24.1 Å². The summed E-state index contributed by atoms with van der Waals surface area (Å²) in [6.07, 6.45) is 1.39. The minimum absolute atomic E-state index is 0.194. The van der Waals surface area contributed by atoms with E-state index in [1.807, 2.05) is 18.2 Å². The smallest absolute Gasteiger partial charge is 0.134 e. The summed E-state index contributed by atoms with van der Waals surface area (Å²) in [5, 5.41) is 21.5. The summed E-state index contributed by atoms with van der Waals surface area (Å²) >= 11 is 0. The van der Waals surface area contributed by atoms with E-state index in [-0.39, 0.29) is 10.8 Å². The molecule has 1 aromatic rings. The Bertz CT molecular complexity index is 385. The van der Waals surface area contributed by atoms with Gasteiger partial charge in [0.05, 0.1) is 6.10 Å².